The number of rotatable bonds is 7. The van der Waals surface area contributed by atoms with Gasteiger partial charge in [-0.05, 0) is 31.4 Å². The summed E-state index contributed by atoms with van der Waals surface area (Å²) in [7, 11) is 0. The highest BCUT2D eigenvalue weighted by Crippen LogP contribution is 2.19. The molecule has 0 bridgehead atoms. The monoisotopic (exact) mass is 325 g/mol. The number of nitrogens with zero attached hydrogens (tertiary/aromatic N) is 3. The maximum Gasteiger partial charge on any atom is 0.220 e. The smallest absolute Gasteiger partial charge is 0.220 e. The van der Waals surface area contributed by atoms with Crippen molar-refractivity contribution in [3.8, 4) is 0 Å². The van der Waals surface area contributed by atoms with Gasteiger partial charge in [0.2, 0.25) is 5.91 Å². The Hall–Kier alpha value is -2.63. The van der Waals surface area contributed by atoms with Gasteiger partial charge in [-0.15, -0.1) is 0 Å². The summed E-state index contributed by atoms with van der Waals surface area (Å²) in [6.07, 6.45) is 5.68. The van der Waals surface area contributed by atoms with Crippen LogP contribution in [-0.2, 0) is 17.8 Å². The van der Waals surface area contributed by atoms with Crippen LogP contribution >= 0.6 is 0 Å². The lowest BCUT2D eigenvalue weighted by atomic mass is 10.1. The van der Waals surface area contributed by atoms with Gasteiger partial charge in [0.05, 0.1) is 6.04 Å². The lowest BCUT2D eigenvalue weighted by molar-refractivity contribution is -0.121. The van der Waals surface area contributed by atoms with E-state index in [4.69, 9.17) is 0 Å². The maximum atomic E-state index is 12.3. The van der Waals surface area contributed by atoms with Crippen molar-refractivity contribution in [2.24, 2.45) is 0 Å². The van der Waals surface area contributed by atoms with Crippen LogP contribution in [-0.4, -0.2) is 25.7 Å². The van der Waals surface area contributed by atoms with Gasteiger partial charge in [0.1, 0.15) is 12.2 Å². The first-order valence-electron chi connectivity index (χ1n) is 8.41. The molecule has 0 radical (unpaired) electrons. The summed E-state index contributed by atoms with van der Waals surface area (Å²) in [6.45, 7) is 4.85. The third kappa shape index (κ3) is 3.48. The molecule has 1 amide bonds. The minimum atomic E-state index is -0.144. The van der Waals surface area contributed by atoms with Gasteiger partial charge in [-0.2, -0.15) is 5.10 Å². The van der Waals surface area contributed by atoms with E-state index in [0.29, 0.717) is 12.8 Å². The summed E-state index contributed by atoms with van der Waals surface area (Å²) in [4.78, 5) is 19.8. The highest BCUT2D eigenvalue weighted by atomic mass is 16.1. The quantitative estimate of drug-likeness (QED) is 0.701. The molecule has 3 rings (SSSR count). The standard InChI is InChI=1S/C18H23N5O/c1-3-10-23-18(20-12-21-23)13(2)22-17(24)9-8-14-11-19-16-7-5-4-6-15(14)16/h4-7,11-13,19H,3,8-10H2,1-2H3,(H,22,24)/t13-/m1/s1. The number of carbonyl (C=O) groups is 1. The highest BCUT2D eigenvalue weighted by Gasteiger charge is 2.15. The second kappa shape index (κ2) is 7.29. The van der Waals surface area contributed by atoms with Crippen molar-refractivity contribution in [3.63, 3.8) is 0 Å². The van der Waals surface area contributed by atoms with Crippen LogP contribution in [0.15, 0.2) is 36.8 Å². The molecule has 2 heterocycles. The molecular formula is C18H23N5O. The molecule has 0 aliphatic carbocycles. The molecule has 3 aromatic rings. The predicted molar refractivity (Wildman–Crippen MR) is 93.5 cm³/mol. The number of nitrogens with one attached hydrogen (secondary N) is 2. The van der Waals surface area contributed by atoms with E-state index < -0.39 is 0 Å². The van der Waals surface area contributed by atoms with Crippen molar-refractivity contribution in [3.05, 3.63) is 48.2 Å². The molecule has 2 aromatic heterocycles. The molecule has 126 valence electrons. The van der Waals surface area contributed by atoms with Gasteiger partial charge >= 0.3 is 0 Å². The van der Waals surface area contributed by atoms with Gasteiger partial charge in [-0.25, -0.2) is 9.67 Å². The lowest BCUT2D eigenvalue weighted by Gasteiger charge is -2.14. The molecule has 24 heavy (non-hydrogen) atoms. The van der Waals surface area contributed by atoms with Crippen molar-refractivity contribution in [2.45, 2.75) is 45.7 Å². The summed E-state index contributed by atoms with van der Waals surface area (Å²) in [5.74, 6) is 0.830. The summed E-state index contributed by atoms with van der Waals surface area (Å²) in [5.41, 5.74) is 2.27. The van der Waals surface area contributed by atoms with E-state index in [0.717, 1.165) is 24.3 Å². The molecule has 0 saturated heterocycles. The minimum Gasteiger partial charge on any atom is -0.361 e. The Kier molecular flexibility index (Phi) is 4.93. The molecule has 0 unspecified atom stereocenters. The van der Waals surface area contributed by atoms with Crippen LogP contribution in [0.1, 0.15) is 44.1 Å². The first-order chi connectivity index (χ1) is 11.7. The normalized spacial score (nSPS) is 12.4. The van der Waals surface area contributed by atoms with Gasteiger partial charge in [0, 0.05) is 30.1 Å². The fraction of sp³-hybridized carbons (Fsp3) is 0.389. The number of amides is 1. The number of H-pyrrole nitrogens is 1. The number of benzene rings is 1. The van der Waals surface area contributed by atoms with E-state index >= 15 is 0 Å². The molecule has 1 aromatic carbocycles. The fourth-order valence-electron chi connectivity index (χ4n) is 2.96. The van der Waals surface area contributed by atoms with Crippen molar-refractivity contribution in [1.29, 1.82) is 0 Å². The van der Waals surface area contributed by atoms with Crippen LogP contribution in [0.3, 0.4) is 0 Å². The van der Waals surface area contributed by atoms with E-state index in [2.05, 4.69) is 33.4 Å². The Morgan fingerprint density at radius 1 is 1.38 bits per heavy atom. The lowest BCUT2D eigenvalue weighted by Crippen LogP contribution is -2.29. The van der Waals surface area contributed by atoms with Gasteiger partial charge in [0.15, 0.2) is 0 Å². The number of hydrogen-bond donors (Lipinski definition) is 2. The number of fused-ring (bicyclic) bond motifs is 1. The van der Waals surface area contributed by atoms with Crippen LogP contribution in [0.5, 0.6) is 0 Å². The summed E-state index contributed by atoms with van der Waals surface area (Å²) < 4.78 is 1.85. The van der Waals surface area contributed by atoms with Gasteiger partial charge in [0.25, 0.3) is 0 Å². The van der Waals surface area contributed by atoms with Crippen LogP contribution < -0.4 is 5.32 Å². The molecule has 0 aliphatic heterocycles. The maximum absolute atomic E-state index is 12.3. The van der Waals surface area contributed by atoms with E-state index in [9.17, 15) is 4.79 Å². The molecule has 2 N–H and O–H groups in total. The molecule has 0 spiro atoms. The molecule has 0 saturated carbocycles. The van der Waals surface area contributed by atoms with Crippen LogP contribution in [0.2, 0.25) is 0 Å². The number of aromatic amines is 1. The highest BCUT2D eigenvalue weighted by molar-refractivity contribution is 5.84. The largest absolute Gasteiger partial charge is 0.361 e. The third-order valence-corrected chi connectivity index (χ3v) is 4.14. The topological polar surface area (TPSA) is 75.6 Å². The number of aryl methyl sites for hydroxylation is 2. The second-order valence-electron chi connectivity index (χ2n) is 5.99. The van der Waals surface area contributed by atoms with Crippen molar-refractivity contribution in [2.75, 3.05) is 0 Å². The average molecular weight is 325 g/mol. The number of carbonyl (C=O) groups excluding carboxylic acids is 1. The van der Waals surface area contributed by atoms with Gasteiger partial charge in [-0.3, -0.25) is 4.79 Å². The molecule has 1 atom stereocenters. The number of para-hydroxylation sites is 1. The zero-order valence-corrected chi connectivity index (χ0v) is 14.1. The van der Waals surface area contributed by atoms with Gasteiger partial charge in [-0.1, -0.05) is 25.1 Å². The number of hydrogen-bond acceptors (Lipinski definition) is 3. The Balaban J connectivity index is 1.58. The summed E-state index contributed by atoms with van der Waals surface area (Å²) >= 11 is 0. The van der Waals surface area contributed by atoms with Crippen LogP contribution in [0.4, 0.5) is 0 Å². The van der Waals surface area contributed by atoms with E-state index in [-0.39, 0.29) is 11.9 Å². The Bertz CT molecular complexity index is 820. The molecule has 6 nitrogen and oxygen atoms in total. The first kappa shape index (κ1) is 16.2. The molecule has 0 fully saturated rings. The van der Waals surface area contributed by atoms with Crippen molar-refractivity contribution in [1.82, 2.24) is 25.1 Å². The van der Waals surface area contributed by atoms with Crippen LogP contribution in [0.25, 0.3) is 10.9 Å². The third-order valence-electron chi connectivity index (χ3n) is 4.14. The zero-order chi connectivity index (χ0) is 16.9. The second-order valence-corrected chi connectivity index (χ2v) is 5.99. The Morgan fingerprint density at radius 3 is 3.04 bits per heavy atom. The SMILES string of the molecule is CCCn1ncnc1[C@@H](C)NC(=O)CCc1c[nH]c2ccccc12. The van der Waals surface area contributed by atoms with E-state index in [1.54, 1.807) is 6.33 Å². The fourth-order valence-corrected chi connectivity index (χ4v) is 2.96. The van der Waals surface area contributed by atoms with E-state index in [1.165, 1.54) is 10.9 Å². The first-order valence-corrected chi connectivity index (χ1v) is 8.41. The molecule has 6 heteroatoms. The van der Waals surface area contributed by atoms with Crippen molar-refractivity contribution < 1.29 is 4.79 Å². The molecular weight excluding hydrogens is 302 g/mol. The molecule has 0 aliphatic rings. The average Bonchev–Trinajstić information content (AvgIpc) is 3.20. The Morgan fingerprint density at radius 2 is 2.21 bits per heavy atom. The van der Waals surface area contributed by atoms with E-state index in [1.807, 2.05) is 36.0 Å². The zero-order valence-electron chi connectivity index (χ0n) is 14.1. The van der Waals surface area contributed by atoms with Gasteiger partial charge < -0.3 is 10.3 Å². The van der Waals surface area contributed by atoms with Crippen LogP contribution in [0, 0.1) is 0 Å². The predicted octanol–water partition coefficient (Wildman–Crippen LogP) is 2.98. The van der Waals surface area contributed by atoms with Crippen molar-refractivity contribution >= 4 is 16.8 Å². The summed E-state index contributed by atoms with van der Waals surface area (Å²) in [6, 6.07) is 8.00. The Labute approximate surface area is 141 Å². The summed E-state index contributed by atoms with van der Waals surface area (Å²) in [5, 5.41) is 8.41. The number of aromatic nitrogens is 4. The minimum absolute atomic E-state index is 0.0267.